The molecule has 0 atom stereocenters. The summed E-state index contributed by atoms with van der Waals surface area (Å²) in [4.78, 5) is 39.2. The quantitative estimate of drug-likeness (QED) is 0.393. The molecule has 0 bridgehead atoms. The SMILES string of the molecule is CCOc1ccc(N2C(=O)NC(=O)/C(=C\c3cc(Cl)ccc3Cc3ccccc3F)C2=O)cc1. The van der Waals surface area contributed by atoms with Crippen molar-refractivity contribution in [3.63, 3.8) is 0 Å². The zero-order valence-electron chi connectivity index (χ0n) is 18.2. The number of rotatable bonds is 6. The van der Waals surface area contributed by atoms with Crippen LogP contribution in [0.4, 0.5) is 14.9 Å². The van der Waals surface area contributed by atoms with E-state index >= 15 is 0 Å². The Kier molecular flexibility index (Phi) is 6.75. The van der Waals surface area contributed by atoms with E-state index in [1.54, 1.807) is 60.7 Å². The van der Waals surface area contributed by atoms with Gasteiger partial charge in [0.05, 0.1) is 12.3 Å². The minimum Gasteiger partial charge on any atom is -0.494 e. The average molecular weight is 479 g/mol. The zero-order valence-corrected chi connectivity index (χ0v) is 18.9. The summed E-state index contributed by atoms with van der Waals surface area (Å²) in [7, 11) is 0. The summed E-state index contributed by atoms with van der Waals surface area (Å²) in [5.74, 6) is -1.39. The number of hydrogen-bond acceptors (Lipinski definition) is 4. The second kappa shape index (κ2) is 9.89. The highest BCUT2D eigenvalue weighted by molar-refractivity contribution is 6.39. The summed E-state index contributed by atoms with van der Waals surface area (Å²) in [6, 6.07) is 16.8. The Labute approximate surface area is 200 Å². The van der Waals surface area contributed by atoms with Gasteiger partial charge >= 0.3 is 6.03 Å². The maximum Gasteiger partial charge on any atom is 0.335 e. The molecule has 4 rings (SSSR count). The van der Waals surface area contributed by atoms with Gasteiger partial charge in [0.15, 0.2) is 0 Å². The molecule has 0 saturated carbocycles. The summed E-state index contributed by atoms with van der Waals surface area (Å²) >= 11 is 6.16. The summed E-state index contributed by atoms with van der Waals surface area (Å²) in [6.07, 6.45) is 1.59. The summed E-state index contributed by atoms with van der Waals surface area (Å²) in [6.45, 7) is 2.31. The predicted molar refractivity (Wildman–Crippen MR) is 127 cm³/mol. The van der Waals surface area contributed by atoms with E-state index in [9.17, 15) is 18.8 Å². The molecule has 1 N–H and O–H groups in total. The van der Waals surface area contributed by atoms with E-state index in [-0.39, 0.29) is 23.5 Å². The molecule has 1 aliphatic rings. The van der Waals surface area contributed by atoms with Gasteiger partial charge < -0.3 is 4.74 Å². The predicted octanol–water partition coefficient (Wildman–Crippen LogP) is 5.14. The molecule has 0 unspecified atom stereocenters. The van der Waals surface area contributed by atoms with E-state index in [1.807, 2.05) is 6.92 Å². The minimum atomic E-state index is -0.853. The highest BCUT2D eigenvalue weighted by atomic mass is 35.5. The first kappa shape index (κ1) is 23.2. The van der Waals surface area contributed by atoms with E-state index in [0.717, 1.165) is 4.90 Å². The van der Waals surface area contributed by atoms with Crippen LogP contribution in [0.15, 0.2) is 72.3 Å². The van der Waals surface area contributed by atoms with Crippen molar-refractivity contribution in [2.45, 2.75) is 13.3 Å². The number of hydrogen-bond donors (Lipinski definition) is 1. The molecule has 1 heterocycles. The van der Waals surface area contributed by atoms with Crippen LogP contribution in [0.2, 0.25) is 5.02 Å². The molecule has 0 aliphatic carbocycles. The van der Waals surface area contributed by atoms with Gasteiger partial charge in [0.1, 0.15) is 17.1 Å². The number of urea groups is 1. The van der Waals surface area contributed by atoms with Gasteiger partial charge in [-0.3, -0.25) is 14.9 Å². The Hall–Kier alpha value is -3.97. The van der Waals surface area contributed by atoms with Gasteiger partial charge in [-0.05, 0) is 72.2 Å². The van der Waals surface area contributed by atoms with Crippen molar-refractivity contribution < 1.29 is 23.5 Å². The Morgan fingerprint density at radius 1 is 1.00 bits per heavy atom. The number of carbonyl (C=O) groups is 3. The number of ether oxygens (including phenoxy) is 1. The van der Waals surface area contributed by atoms with Crippen molar-refractivity contribution in [3.8, 4) is 5.75 Å². The standard InChI is InChI=1S/C26H20ClFN2O4/c1-2-34-21-11-9-20(10-12-21)30-25(32)22(24(31)29-26(30)33)15-18-14-19(27)8-7-16(18)13-17-5-3-4-6-23(17)28/h3-12,14-15H,2,13H2,1H3,(H,29,31,33)/b22-15+. The van der Waals surface area contributed by atoms with Crippen molar-refractivity contribution in [1.29, 1.82) is 0 Å². The number of nitrogens with one attached hydrogen (secondary N) is 1. The van der Waals surface area contributed by atoms with Crippen LogP contribution in [-0.2, 0) is 16.0 Å². The number of barbiturate groups is 1. The minimum absolute atomic E-state index is 0.223. The largest absolute Gasteiger partial charge is 0.494 e. The normalized spacial score (nSPS) is 15.0. The lowest BCUT2D eigenvalue weighted by atomic mass is 9.97. The van der Waals surface area contributed by atoms with Gasteiger partial charge in [-0.1, -0.05) is 35.9 Å². The van der Waals surface area contributed by atoms with Crippen molar-refractivity contribution in [2.24, 2.45) is 0 Å². The van der Waals surface area contributed by atoms with Crippen molar-refractivity contribution in [2.75, 3.05) is 11.5 Å². The zero-order chi connectivity index (χ0) is 24.2. The van der Waals surface area contributed by atoms with Gasteiger partial charge in [0, 0.05) is 11.4 Å². The van der Waals surface area contributed by atoms with Crippen LogP contribution in [0.3, 0.4) is 0 Å². The van der Waals surface area contributed by atoms with E-state index < -0.39 is 17.8 Å². The lowest BCUT2D eigenvalue weighted by Crippen LogP contribution is -2.54. The first-order valence-electron chi connectivity index (χ1n) is 10.5. The van der Waals surface area contributed by atoms with Gasteiger partial charge in [0.2, 0.25) is 0 Å². The van der Waals surface area contributed by atoms with Crippen LogP contribution in [0.1, 0.15) is 23.6 Å². The first-order chi connectivity index (χ1) is 16.4. The lowest BCUT2D eigenvalue weighted by Gasteiger charge is -2.26. The van der Waals surface area contributed by atoms with E-state index in [0.29, 0.717) is 34.1 Å². The molecule has 172 valence electrons. The van der Waals surface area contributed by atoms with Crippen molar-refractivity contribution in [1.82, 2.24) is 5.32 Å². The molecule has 1 aliphatic heterocycles. The third-order valence-electron chi connectivity index (χ3n) is 5.25. The fourth-order valence-electron chi connectivity index (χ4n) is 3.61. The van der Waals surface area contributed by atoms with Crippen LogP contribution >= 0.6 is 11.6 Å². The van der Waals surface area contributed by atoms with E-state index in [1.165, 1.54) is 12.1 Å². The number of nitrogens with zero attached hydrogens (tertiary/aromatic N) is 1. The second-order valence-electron chi connectivity index (χ2n) is 7.50. The number of imide groups is 2. The number of carbonyl (C=O) groups excluding carboxylic acids is 3. The van der Waals surface area contributed by atoms with E-state index in [4.69, 9.17) is 16.3 Å². The molecule has 0 radical (unpaired) electrons. The maximum absolute atomic E-state index is 14.2. The molecular weight excluding hydrogens is 459 g/mol. The smallest absolute Gasteiger partial charge is 0.335 e. The number of anilines is 1. The van der Waals surface area contributed by atoms with Crippen molar-refractivity contribution in [3.05, 3.63) is 99.8 Å². The van der Waals surface area contributed by atoms with Crippen LogP contribution < -0.4 is 15.0 Å². The molecule has 8 heteroatoms. The number of halogens is 2. The third-order valence-corrected chi connectivity index (χ3v) is 5.49. The Bertz CT molecular complexity index is 1300. The fraction of sp³-hybridized carbons (Fsp3) is 0.115. The summed E-state index contributed by atoms with van der Waals surface area (Å²) in [5.41, 5.74) is 1.62. The Balaban J connectivity index is 1.71. The van der Waals surface area contributed by atoms with E-state index in [2.05, 4.69) is 5.32 Å². The van der Waals surface area contributed by atoms with Crippen molar-refractivity contribution >= 4 is 41.2 Å². The van der Waals surface area contributed by atoms with Crippen LogP contribution in [0.25, 0.3) is 6.08 Å². The Morgan fingerprint density at radius 3 is 2.44 bits per heavy atom. The Morgan fingerprint density at radius 2 is 1.74 bits per heavy atom. The molecular formula is C26H20ClFN2O4. The highest BCUT2D eigenvalue weighted by Gasteiger charge is 2.37. The molecule has 3 aromatic rings. The summed E-state index contributed by atoms with van der Waals surface area (Å²) in [5, 5.41) is 2.58. The highest BCUT2D eigenvalue weighted by Crippen LogP contribution is 2.27. The van der Waals surface area contributed by atoms with Gasteiger partial charge in [-0.2, -0.15) is 0 Å². The van der Waals surface area contributed by atoms with Crippen LogP contribution in [-0.4, -0.2) is 24.5 Å². The third kappa shape index (κ3) is 4.84. The topological polar surface area (TPSA) is 75.7 Å². The molecule has 1 fully saturated rings. The maximum atomic E-state index is 14.2. The average Bonchev–Trinajstić information content (AvgIpc) is 2.81. The molecule has 0 spiro atoms. The van der Waals surface area contributed by atoms with Crippen LogP contribution in [0.5, 0.6) is 5.75 Å². The van der Waals surface area contributed by atoms with Crippen LogP contribution in [0, 0.1) is 5.82 Å². The molecule has 3 aromatic carbocycles. The van der Waals surface area contributed by atoms with Gasteiger partial charge in [-0.15, -0.1) is 0 Å². The fourth-order valence-corrected chi connectivity index (χ4v) is 3.79. The molecule has 6 nitrogen and oxygen atoms in total. The number of benzene rings is 3. The first-order valence-corrected chi connectivity index (χ1v) is 10.9. The van der Waals surface area contributed by atoms with Gasteiger partial charge in [-0.25, -0.2) is 14.1 Å². The summed E-state index contributed by atoms with van der Waals surface area (Å²) < 4.78 is 19.6. The molecule has 1 saturated heterocycles. The second-order valence-corrected chi connectivity index (χ2v) is 7.93. The molecule has 4 amide bonds. The molecule has 34 heavy (non-hydrogen) atoms. The van der Waals surface area contributed by atoms with Gasteiger partial charge in [0.25, 0.3) is 11.8 Å². The molecule has 0 aromatic heterocycles. The lowest BCUT2D eigenvalue weighted by molar-refractivity contribution is -0.122. The monoisotopic (exact) mass is 478 g/mol. The number of amides is 4.